The Bertz CT molecular complexity index is 1450. The summed E-state index contributed by atoms with van der Waals surface area (Å²) in [5.41, 5.74) is 1.61. The van der Waals surface area contributed by atoms with Crippen molar-refractivity contribution in [3.63, 3.8) is 0 Å². The lowest BCUT2D eigenvalue weighted by molar-refractivity contribution is -0.115. The number of anilines is 1. The second-order valence-electron chi connectivity index (χ2n) is 7.80. The number of amides is 1. The Morgan fingerprint density at radius 3 is 2.69 bits per heavy atom. The number of hydrogen-bond acceptors (Lipinski definition) is 7. The van der Waals surface area contributed by atoms with Gasteiger partial charge in [-0.2, -0.15) is 0 Å². The molecule has 0 spiro atoms. The zero-order chi connectivity index (χ0) is 24.4. The van der Waals surface area contributed by atoms with Gasteiger partial charge in [0.1, 0.15) is 5.75 Å². The summed E-state index contributed by atoms with van der Waals surface area (Å²) in [7, 11) is 0. The van der Waals surface area contributed by atoms with Crippen LogP contribution in [-0.2, 0) is 4.79 Å². The molecule has 1 aliphatic rings. The number of aromatic nitrogens is 2. The van der Waals surface area contributed by atoms with Gasteiger partial charge >= 0.3 is 0 Å². The van der Waals surface area contributed by atoms with Crippen LogP contribution in [0.4, 0.5) is 5.69 Å². The molecule has 1 N–H and O–H groups in total. The fourth-order valence-electron chi connectivity index (χ4n) is 3.71. The second kappa shape index (κ2) is 9.71. The van der Waals surface area contributed by atoms with Gasteiger partial charge in [0.05, 0.1) is 28.4 Å². The maximum atomic E-state index is 13.5. The highest BCUT2D eigenvalue weighted by Gasteiger charge is 2.21. The molecular weight excluding hydrogens is 466 g/mol. The fraction of sp³-hybridized carbons (Fsp3) is 0.192. The molecule has 1 aliphatic heterocycles. The summed E-state index contributed by atoms with van der Waals surface area (Å²) >= 11 is 1.21. The Labute approximate surface area is 205 Å². The van der Waals surface area contributed by atoms with Gasteiger partial charge in [-0.3, -0.25) is 14.2 Å². The molecule has 0 unspecified atom stereocenters. The standard InChI is InChI=1S/C26H23N3O5S/c1-3-32-19-11-9-18(10-12-19)29-25(31)20-6-4-5-7-21(20)28-26(29)35-16(2)24(30)27-17-8-13-22-23(14-17)34-15-33-22/h4-14,16H,3,15H2,1-2H3,(H,27,30)/t16-/m1/s1. The monoisotopic (exact) mass is 489 g/mol. The molecule has 1 amide bonds. The molecule has 178 valence electrons. The number of carbonyl (C=O) groups excluding carboxylic acids is 1. The zero-order valence-corrected chi connectivity index (χ0v) is 20.0. The molecule has 35 heavy (non-hydrogen) atoms. The molecule has 0 saturated carbocycles. The van der Waals surface area contributed by atoms with Crippen molar-refractivity contribution in [2.45, 2.75) is 24.3 Å². The van der Waals surface area contributed by atoms with Crippen LogP contribution >= 0.6 is 11.8 Å². The van der Waals surface area contributed by atoms with E-state index in [0.29, 0.717) is 51.3 Å². The first-order valence-electron chi connectivity index (χ1n) is 11.2. The van der Waals surface area contributed by atoms with Crippen LogP contribution in [0.25, 0.3) is 16.6 Å². The van der Waals surface area contributed by atoms with Gasteiger partial charge in [-0.05, 0) is 62.4 Å². The van der Waals surface area contributed by atoms with Gasteiger partial charge in [0.25, 0.3) is 5.56 Å². The van der Waals surface area contributed by atoms with E-state index in [-0.39, 0.29) is 18.3 Å². The molecular formula is C26H23N3O5S. The van der Waals surface area contributed by atoms with Gasteiger partial charge in [0.2, 0.25) is 12.7 Å². The fourth-order valence-corrected chi connectivity index (χ4v) is 4.63. The van der Waals surface area contributed by atoms with Gasteiger partial charge in [-0.15, -0.1) is 0 Å². The highest BCUT2D eigenvalue weighted by atomic mass is 32.2. The lowest BCUT2D eigenvalue weighted by Gasteiger charge is -2.17. The number of fused-ring (bicyclic) bond motifs is 2. The SMILES string of the molecule is CCOc1ccc(-n2c(S[C@H](C)C(=O)Nc3ccc4c(c3)OCO4)nc3ccccc3c2=O)cc1. The minimum absolute atomic E-state index is 0.162. The summed E-state index contributed by atoms with van der Waals surface area (Å²) in [5.74, 6) is 1.71. The summed E-state index contributed by atoms with van der Waals surface area (Å²) in [6, 6.07) is 19.7. The second-order valence-corrected chi connectivity index (χ2v) is 9.10. The lowest BCUT2D eigenvalue weighted by Crippen LogP contribution is -2.26. The summed E-state index contributed by atoms with van der Waals surface area (Å²) in [6.07, 6.45) is 0. The van der Waals surface area contributed by atoms with Crippen LogP contribution in [-0.4, -0.2) is 34.1 Å². The molecule has 9 heteroatoms. The van der Waals surface area contributed by atoms with Crippen LogP contribution in [0.15, 0.2) is 76.7 Å². The Morgan fingerprint density at radius 1 is 1.11 bits per heavy atom. The number of ether oxygens (including phenoxy) is 3. The van der Waals surface area contributed by atoms with E-state index in [4.69, 9.17) is 19.2 Å². The average molecular weight is 490 g/mol. The number of nitrogens with one attached hydrogen (secondary N) is 1. The first-order valence-corrected chi connectivity index (χ1v) is 12.0. The van der Waals surface area contributed by atoms with Crippen molar-refractivity contribution < 1.29 is 19.0 Å². The van der Waals surface area contributed by atoms with Crippen molar-refractivity contribution in [3.05, 3.63) is 77.1 Å². The first-order chi connectivity index (χ1) is 17.0. The van der Waals surface area contributed by atoms with Gasteiger partial charge in [0, 0.05) is 11.8 Å². The first kappa shape index (κ1) is 22.8. The lowest BCUT2D eigenvalue weighted by atomic mass is 10.2. The maximum absolute atomic E-state index is 13.5. The Hall–Kier alpha value is -3.98. The molecule has 0 radical (unpaired) electrons. The third kappa shape index (κ3) is 4.67. The number of thioether (sulfide) groups is 1. The predicted octanol–water partition coefficient (Wildman–Crippen LogP) is 4.63. The number of carbonyl (C=O) groups is 1. The highest BCUT2D eigenvalue weighted by Crippen LogP contribution is 2.34. The van der Waals surface area contributed by atoms with E-state index in [1.807, 2.05) is 43.3 Å². The van der Waals surface area contributed by atoms with Gasteiger partial charge in [-0.1, -0.05) is 23.9 Å². The molecule has 3 aromatic carbocycles. The molecule has 0 aliphatic carbocycles. The summed E-state index contributed by atoms with van der Waals surface area (Å²) in [5, 5.41) is 3.28. The van der Waals surface area contributed by atoms with Crippen LogP contribution in [0.3, 0.4) is 0 Å². The molecule has 5 rings (SSSR count). The topological polar surface area (TPSA) is 91.7 Å². The third-order valence-corrected chi connectivity index (χ3v) is 6.49. The van der Waals surface area contributed by atoms with Crippen LogP contribution in [0, 0.1) is 0 Å². The van der Waals surface area contributed by atoms with E-state index in [0.717, 1.165) is 0 Å². The van der Waals surface area contributed by atoms with Crippen LogP contribution in [0.2, 0.25) is 0 Å². The molecule has 2 heterocycles. The van der Waals surface area contributed by atoms with E-state index >= 15 is 0 Å². The average Bonchev–Trinajstić information content (AvgIpc) is 3.33. The molecule has 0 saturated heterocycles. The number of rotatable bonds is 7. The largest absolute Gasteiger partial charge is 0.494 e. The van der Waals surface area contributed by atoms with Crippen LogP contribution in [0.5, 0.6) is 17.2 Å². The summed E-state index contributed by atoms with van der Waals surface area (Å²) in [6.45, 7) is 4.40. The predicted molar refractivity (Wildman–Crippen MR) is 135 cm³/mol. The van der Waals surface area contributed by atoms with Gasteiger partial charge < -0.3 is 19.5 Å². The maximum Gasteiger partial charge on any atom is 0.266 e. The molecule has 0 fully saturated rings. The number of nitrogens with zero attached hydrogens (tertiary/aromatic N) is 2. The molecule has 1 aromatic heterocycles. The smallest absolute Gasteiger partial charge is 0.266 e. The van der Waals surface area contributed by atoms with Gasteiger partial charge in [-0.25, -0.2) is 4.98 Å². The van der Waals surface area contributed by atoms with Crippen molar-refractivity contribution in [1.82, 2.24) is 9.55 Å². The Balaban J connectivity index is 1.46. The normalized spacial score (nSPS) is 13.0. The third-order valence-electron chi connectivity index (χ3n) is 5.44. The number of para-hydroxylation sites is 1. The molecule has 1 atom stereocenters. The van der Waals surface area contributed by atoms with Crippen LogP contribution in [0.1, 0.15) is 13.8 Å². The summed E-state index contributed by atoms with van der Waals surface area (Å²) in [4.78, 5) is 31.2. The van der Waals surface area contributed by atoms with Crippen LogP contribution < -0.4 is 25.1 Å². The van der Waals surface area contributed by atoms with Crippen molar-refractivity contribution in [1.29, 1.82) is 0 Å². The Kier molecular flexibility index (Phi) is 6.33. The van der Waals surface area contributed by atoms with E-state index < -0.39 is 5.25 Å². The minimum atomic E-state index is -0.539. The van der Waals surface area contributed by atoms with E-state index in [1.165, 1.54) is 16.3 Å². The van der Waals surface area contributed by atoms with Crippen molar-refractivity contribution in [2.75, 3.05) is 18.7 Å². The number of hydrogen-bond donors (Lipinski definition) is 1. The minimum Gasteiger partial charge on any atom is -0.494 e. The van der Waals surface area contributed by atoms with Gasteiger partial charge in [0.15, 0.2) is 16.7 Å². The molecule has 4 aromatic rings. The molecule has 8 nitrogen and oxygen atoms in total. The van der Waals surface area contributed by atoms with Crippen molar-refractivity contribution in [2.24, 2.45) is 0 Å². The van der Waals surface area contributed by atoms with Crippen molar-refractivity contribution in [3.8, 4) is 22.9 Å². The number of benzene rings is 3. The van der Waals surface area contributed by atoms with E-state index in [1.54, 1.807) is 37.3 Å². The zero-order valence-electron chi connectivity index (χ0n) is 19.2. The quantitative estimate of drug-likeness (QED) is 0.299. The Morgan fingerprint density at radius 2 is 1.89 bits per heavy atom. The molecule has 0 bridgehead atoms. The van der Waals surface area contributed by atoms with Crippen molar-refractivity contribution >= 4 is 34.3 Å². The van der Waals surface area contributed by atoms with E-state index in [9.17, 15) is 9.59 Å². The summed E-state index contributed by atoms with van der Waals surface area (Å²) < 4.78 is 17.8. The highest BCUT2D eigenvalue weighted by molar-refractivity contribution is 8.00. The van der Waals surface area contributed by atoms with E-state index in [2.05, 4.69) is 5.32 Å².